The second-order valence-electron chi connectivity index (χ2n) is 2.99. The second-order valence-corrected chi connectivity index (χ2v) is 3.36. The summed E-state index contributed by atoms with van der Waals surface area (Å²) in [6.45, 7) is 0.0528. The second kappa shape index (κ2) is 5.95. The molecular formula is C10H10ClNO5. The van der Waals surface area contributed by atoms with Crippen LogP contribution < -0.4 is 5.32 Å². The van der Waals surface area contributed by atoms with Crippen molar-refractivity contribution in [1.29, 1.82) is 0 Å². The van der Waals surface area contributed by atoms with Gasteiger partial charge in [0.1, 0.15) is 17.9 Å². The maximum atomic E-state index is 11.1. The number of rotatable bonds is 4. The maximum absolute atomic E-state index is 11.1. The number of nitrogens with one attached hydrogen (secondary N) is 1. The maximum Gasteiger partial charge on any atom is 0.411 e. The lowest BCUT2D eigenvalue weighted by Crippen LogP contribution is -2.15. The Hall–Kier alpha value is -1.95. The number of amides is 1. The van der Waals surface area contributed by atoms with Gasteiger partial charge in [-0.05, 0) is 18.2 Å². The summed E-state index contributed by atoms with van der Waals surface area (Å²) in [6.07, 6.45) is -0.743. The third-order valence-corrected chi connectivity index (χ3v) is 1.94. The number of carbonyl (C=O) groups excluding carboxylic acids is 1. The minimum atomic E-state index is -1.29. The fourth-order valence-corrected chi connectivity index (χ4v) is 1.15. The first-order valence-corrected chi connectivity index (χ1v) is 5.14. The Morgan fingerprint density at radius 3 is 2.71 bits per heavy atom. The van der Waals surface area contributed by atoms with E-state index in [0.29, 0.717) is 0 Å². The number of halogens is 1. The highest BCUT2D eigenvalue weighted by molar-refractivity contribution is 6.18. The molecule has 0 saturated heterocycles. The predicted octanol–water partition coefficient (Wildman–Crippen LogP) is 1.88. The number of phenols is 1. The minimum Gasteiger partial charge on any atom is -0.507 e. The molecule has 0 spiro atoms. The van der Waals surface area contributed by atoms with Crippen molar-refractivity contribution in [2.45, 2.75) is 0 Å². The number of aromatic carboxylic acids is 1. The number of anilines is 1. The molecule has 0 unspecified atom stereocenters. The van der Waals surface area contributed by atoms with Gasteiger partial charge in [-0.3, -0.25) is 5.32 Å². The molecule has 0 bridgehead atoms. The SMILES string of the molecule is O=C(Nc1ccc(O)c(C(=O)O)c1)OCCCl. The monoisotopic (exact) mass is 259 g/mol. The van der Waals surface area contributed by atoms with Crippen LogP contribution in [0.25, 0.3) is 0 Å². The highest BCUT2D eigenvalue weighted by Gasteiger charge is 2.11. The molecule has 0 radical (unpaired) electrons. The first-order valence-electron chi connectivity index (χ1n) is 4.60. The highest BCUT2D eigenvalue weighted by atomic mass is 35.5. The molecule has 6 nitrogen and oxygen atoms in total. The summed E-state index contributed by atoms with van der Waals surface area (Å²) in [7, 11) is 0. The quantitative estimate of drug-likeness (QED) is 0.567. The number of hydrogen-bond acceptors (Lipinski definition) is 4. The van der Waals surface area contributed by atoms with E-state index < -0.39 is 12.1 Å². The molecule has 0 aliphatic carbocycles. The van der Waals surface area contributed by atoms with Crippen molar-refractivity contribution in [3.63, 3.8) is 0 Å². The van der Waals surface area contributed by atoms with Gasteiger partial charge in [0.2, 0.25) is 0 Å². The molecule has 1 aromatic rings. The zero-order valence-corrected chi connectivity index (χ0v) is 9.40. The summed E-state index contributed by atoms with van der Waals surface area (Å²) in [5, 5.41) is 20.3. The molecule has 0 aliphatic rings. The zero-order valence-electron chi connectivity index (χ0n) is 8.64. The molecule has 7 heteroatoms. The van der Waals surface area contributed by atoms with Gasteiger partial charge < -0.3 is 14.9 Å². The van der Waals surface area contributed by atoms with E-state index in [1.807, 2.05) is 0 Å². The van der Waals surface area contributed by atoms with Gasteiger partial charge in [0.05, 0.1) is 5.88 Å². The van der Waals surface area contributed by atoms with E-state index in [4.69, 9.17) is 16.7 Å². The van der Waals surface area contributed by atoms with E-state index in [2.05, 4.69) is 10.1 Å². The molecule has 17 heavy (non-hydrogen) atoms. The number of ether oxygens (including phenoxy) is 1. The van der Waals surface area contributed by atoms with Crippen molar-refractivity contribution in [1.82, 2.24) is 0 Å². The summed E-state index contributed by atoms with van der Waals surface area (Å²) in [5.74, 6) is -1.50. The average molecular weight is 260 g/mol. The normalized spacial score (nSPS) is 9.71. The van der Waals surface area contributed by atoms with Crippen LogP contribution >= 0.6 is 11.6 Å². The van der Waals surface area contributed by atoms with E-state index in [0.717, 1.165) is 6.07 Å². The third-order valence-electron chi connectivity index (χ3n) is 1.78. The molecule has 0 saturated carbocycles. The first kappa shape index (κ1) is 13.1. The van der Waals surface area contributed by atoms with E-state index in [1.165, 1.54) is 12.1 Å². The zero-order chi connectivity index (χ0) is 12.8. The Morgan fingerprint density at radius 1 is 1.41 bits per heavy atom. The molecule has 1 aromatic carbocycles. The Labute approximate surface area is 102 Å². The predicted molar refractivity (Wildman–Crippen MR) is 60.8 cm³/mol. The summed E-state index contributed by atoms with van der Waals surface area (Å²) >= 11 is 5.32. The van der Waals surface area contributed by atoms with Crippen molar-refractivity contribution in [2.75, 3.05) is 17.8 Å². The molecule has 0 aliphatic heterocycles. The van der Waals surface area contributed by atoms with Crippen LogP contribution in [0.5, 0.6) is 5.75 Å². The third kappa shape index (κ3) is 3.84. The molecule has 0 atom stereocenters. The molecule has 92 valence electrons. The molecular weight excluding hydrogens is 250 g/mol. The van der Waals surface area contributed by atoms with Crippen molar-refractivity contribution in [3.8, 4) is 5.75 Å². The lowest BCUT2D eigenvalue weighted by atomic mass is 10.2. The fraction of sp³-hybridized carbons (Fsp3) is 0.200. The molecule has 0 aromatic heterocycles. The van der Waals surface area contributed by atoms with Gasteiger partial charge in [-0.25, -0.2) is 9.59 Å². The van der Waals surface area contributed by atoms with Gasteiger partial charge in [0, 0.05) is 5.69 Å². The molecule has 0 fully saturated rings. The molecule has 1 rings (SSSR count). The summed E-state index contributed by atoms with van der Waals surface area (Å²) in [5.41, 5.74) is -0.0973. The van der Waals surface area contributed by atoms with E-state index >= 15 is 0 Å². The molecule has 3 N–H and O–H groups in total. The number of benzene rings is 1. The standard InChI is InChI=1S/C10H10ClNO5/c11-3-4-17-10(16)12-6-1-2-8(13)7(5-6)9(14)15/h1-2,5,13H,3-4H2,(H,12,16)(H,14,15). The smallest absolute Gasteiger partial charge is 0.411 e. The summed E-state index contributed by atoms with van der Waals surface area (Å²) in [6, 6.07) is 3.64. The number of alkyl halides is 1. The number of hydrogen-bond donors (Lipinski definition) is 3. The fourth-order valence-electron chi connectivity index (χ4n) is 1.07. The molecule has 1 amide bonds. The van der Waals surface area contributed by atoms with Gasteiger partial charge >= 0.3 is 12.1 Å². The van der Waals surface area contributed by atoms with Crippen molar-refractivity contribution in [3.05, 3.63) is 23.8 Å². The Balaban J connectivity index is 2.75. The lowest BCUT2D eigenvalue weighted by Gasteiger charge is -2.07. The van der Waals surface area contributed by atoms with Crippen molar-refractivity contribution < 1.29 is 24.5 Å². The van der Waals surface area contributed by atoms with Gasteiger partial charge in [0.25, 0.3) is 0 Å². The van der Waals surface area contributed by atoms with Crippen LogP contribution in [0.15, 0.2) is 18.2 Å². The topological polar surface area (TPSA) is 95.9 Å². The van der Waals surface area contributed by atoms with Gasteiger partial charge in [0.15, 0.2) is 0 Å². The minimum absolute atomic E-state index is 0.0528. The largest absolute Gasteiger partial charge is 0.507 e. The van der Waals surface area contributed by atoms with Gasteiger partial charge in [-0.15, -0.1) is 11.6 Å². The van der Waals surface area contributed by atoms with Crippen molar-refractivity contribution in [2.24, 2.45) is 0 Å². The van der Waals surface area contributed by atoms with Crippen LogP contribution in [0.3, 0.4) is 0 Å². The Kier molecular flexibility index (Phi) is 4.59. The number of carbonyl (C=O) groups is 2. The number of aromatic hydroxyl groups is 1. The van der Waals surface area contributed by atoms with Crippen LogP contribution in [0.1, 0.15) is 10.4 Å². The van der Waals surface area contributed by atoms with Crippen LogP contribution in [0, 0.1) is 0 Å². The van der Waals surface area contributed by atoms with Crippen LogP contribution in [0.4, 0.5) is 10.5 Å². The van der Waals surface area contributed by atoms with Crippen molar-refractivity contribution >= 4 is 29.4 Å². The van der Waals surface area contributed by atoms with Crippen LogP contribution in [0.2, 0.25) is 0 Å². The van der Waals surface area contributed by atoms with E-state index in [-0.39, 0.29) is 29.5 Å². The number of carboxylic acids is 1. The van der Waals surface area contributed by atoms with Gasteiger partial charge in [-0.1, -0.05) is 0 Å². The first-order chi connectivity index (χ1) is 8.04. The Bertz CT molecular complexity index is 435. The van der Waals surface area contributed by atoms with Crippen LogP contribution in [-0.4, -0.2) is 34.8 Å². The Morgan fingerprint density at radius 2 is 2.12 bits per heavy atom. The highest BCUT2D eigenvalue weighted by Crippen LogP contribution is 2.21. The van der Waals surface area contributed by atoms with Gasteiger partial charge in [-0.2, -0.15) is 0 Å². The summed E-state index contributed by atoms with van der Waals surface area (Å²) < 4.78 is 4.63. The van der Waals surface area contributed by atoms with Crippen LogP contribution in [-0.2, 0) is 4.74 Å². The molecule has 0 heterocycles. The lowest BCUT2D eigenvalue weighted by molar-refractivity contribution is 0.0693. The summed E-state index contributed by atoms with van der Waals surface area (Å²) in [4.78, 5) is 21.8. The van der Waals surface area contributed by atoms with E-state index in [1.54, 1.807) is 0 Å². The number of carboxylic acid groups (broad SMARTS) is 1. The van der Waals surface area contributed by atoms with E-state index in [9.17, 15) is 14.7 Å². The average Bonchev–Trinajstić information content (AvgIpc) is 2.28.